The quantitative estimate of drug-likeness (QED) is 0.0632. The van der Waals surface area contributed by atoms with Crippen LogP contribution in [0.25, 0.3) is 17.0 Å². The second-order valence-electron chi connectivity index (χ2n) is 11.2. The number of aromatic nitrogens is 1. The number of hydrogen-bond acceptors (Lipinski definition) is 5. The molecule has 242 valence electrons. The highest BCUT2D eigenvalue weighted by Gasteiger charge is 2.23. The second-order valence-corrected chi connectivity index (χ2v) is 12.4. The van der Waals surface area contributed by atoms with Gasteiger partial charge in [0.25, 0.3) is 11.8 Å². The SMILES string of the molecule is CC(=O)c1ccc(NC(=O)C(Sc2ccc(NC(=O)C(=Cc3c[nH]c4ccccc34)NC(=O)c3ccccc3)cc2)c2ccccc2)cc1. The van der Waals surface area contributed by atoms with Gasteiger partial charge in [-0.25, -0.2) is 0 Å². The van der Waals surface area contributed by atoms with Crippen LogP contribution in [0.3, 0.4) is 0 Å². The van der Waals surface area contributed by atoms with E-state index in [9.17, 15) is 19.2 Å². The van der Waals surface area contributed by atoms with Crippen LogP contribution >= 0.6 is 11.8 Å². The van der Waals surface area contributed by atoms with E-state index in [0.717, 1.165) is 26.9 Å². The molecular weight excluding hydrogens is 633 g/mol. The lowest BCUT2D eigenvalue weighted by Gasteiger charge is -2.18. The van der Waals surface area contributed by atoms with Crippen molar-refractivity contribution in [3.05, 3.63) is 168 Å². The van der Waals surface area contributed by atoms with Gasteiger partial charge in [-0.2, -0.15) is 0 Å². The minimum Gasteiger partial charge on any atom is -0.361 e. The molecule has 6 rings (SSSR count). The lowest BCUT2D eigenvalue weighted by molar-refractivity contribution is -0.116. The molecule has 1 unspecified atom stereocenters. The summed E-state index contributed by atoms with van der Waals surface area (Å²) in [5.41, 5.74) is 4.65. The zero-order chi connectivity index (χ0) is 34.2. The van der Waals surface area contributed by atoms with Gasteiger partial charge in [-0.1, -0.05) is 66.7 Å². The van der Waals surface area contributed by atoms with Crippen molar-refractivity contribution >= 4 is 63.6 Å². The normalized spacial score (nSPS) is 11.8. The first kappa shape index (κ1) is 32.7. The molecule has 49 heavy (non-hydrogen) atoms. The molecule has 1 aromatic heterocycles. The summed E-state index contributed by atoms with van der Waals surface area (Å²) in [6.45, 7) is 1.50. The number of fused-ring (bicyclic) bond motifs is 1. The first-order valence-electron chi connectivity index (χ1n) is 15.5. The number of benzene rings is 5. The number of anilines is 2. The maximum Gasteiger partial charge on any atom is 0.272 e. The Morgan fingerprint density at radius 2 is 1.29 bits per heavy atom. The zero-order valence-electron chi connectivity index (χ0n) is 26.5. The summed E-state index contributed by atoms with van der Waals surface area (Å²) in [6, 6.07) is 39.8. The van der Waals surface area contributed by atoms with Crippen LogP contribution in [0.15, 0.2) is 150 Å². The number of aromatic amines is 1. The summed E-state index contributed by atoms with van der Waals surface area (Å²) < 4.78 is 0. The Hall–Kier alpha value is -6.19. The molecule has 0 fully saturated rings. The highest BCUT2D eigenvalue weighted by atomic mass is 32.2. The van der Waals surface area contributed by atoms with E-state index in [0.29, 0.717) is 22.5 Å². The fourth-order valence-electron chi connectivity index (χ4n) is 5.16. The Balaban J connectivity index is 1.20. The molecule has 9 heteroatoms. The molecule has 0 spiro atoms. The molecule has 0 bridgehead atoms. The van der Waals surface area contributed by atoms with Crippen molar-refractivity contribution in [1.29, 1.82) is 0 Å². The molecule has 6 aromatic rings. The van der Waals surface area contributed by atoms with Crippen LogP contribution in [0.2, 0.25) is 0 Å². The predicted octanol–water partition coefficient (Wildman–Crippen LogP) is 8.25. The van der Waals surface area contributed by atoms with Crippen LogP contribution in [0.1, 0.15) is 44.0 Å². The molecule has 4 N–H and O–H groups in total. The molecule has 0 aliphatic heterocycles. The number of H-pyrrole nitrogens is 1. The van der Waals surface area contributed by atoms with Gasteiger partial charge < -0.3 is 20.9 Å². The minimum absolute atomic E-state index is 0.0475. The fraction of sp³-hybridized carbons (Fsp3) is 0.0500. The summed E-state index contributed by atoms with van der Waals surface area (Å²) in [7, 11) is 0. The van der Waals surface area contributed by atoms with Crippen molar-refractivity contribution in [3.63, 3.8) is 0 Å². The molecule has 0 aliphatic carbocycles. The molecule has 3 amide bonds. The van der Waals surface area contributed by atoms with E-state index in [1.54, 1.807) is 72.9 Å². The van der Waals surface area contributed by atoms with Crippen LogP contribution in [0.5, 0.6) is 0 Å². The van der Waals surface area contributed by atoms with Gasteiger partial charge in [-0.3, -0.25) is 19.2 Å². The fourth-order valence-corrected chi connectivity index (χ4v) is 6.18. The molecule has 5 aromatic carbocycles. The summed E-state index contributed by atoms with van der Waals surface area (Å²) >= 11 is 1.37. The van der Waals surface area contributed by atoms with E-state index < -0.39 is 17.1 Å². The number of Topliss-reactive ketones (excluding diaryl/α,β-unsaturated/α-hetero) is 1. The van der Waals surface area contributed by atoms with E-state index in [2.05, 4.69) is 20.9 Å². The Bertz CT molecular complexity index is 2140. The third-order valence-corrected chi connectivity index (χ3v) is 8.98. The zero-order valence-corrected chi connectivity index (χ0v) is 27.3. The van der Waals surface area contributed by atoms with Crippen molar-refractivity contribution < 1.29 is 19.2 Å². The number of para-hydroxylation sites is 1. The van der Waals surface area contributed by atoms with E-state index in [-0.39, 0.29) is 17.4 Å². The van der Waals surface area contributed by atoms with Crippen LogP contribution < -0.4 is 16.0 Å². The van der Waals surface area contributed by atoms with Crippen molar-refractivity contribution in [2.75, 3.05) is 10.6 Å². The number of carbonyl (C=O) groups excluding carboxylic acids is 4. The van der Waals surface area contributed by atoms with E-state index >= 15 is 0 Å². The van der Waals surface area contributed by atoms with Gasteiger partial charge in [-0.05, 0) is 85.3 Å². The Labute approximate surface area is 287 Å². The number of amides is 3. The largest absolute Gasteiger partial charge is 0.361 e. The first-order chi connectivity index (χ1) is 23.8. The smallest absolute Gasteiger partial charge is 0.272 e. The van der Waals surface area contributed by atoms with Gasteiger partial charge in [0.15, 0.2) is 5.78 Å². The number of rotatable bonds is 11. The molecule has 0 saturated carbocycles. The number of nitrogens with one attached hydrogen (secondary N) is 4. The third kappa shape index (κ3) is 8.22. The number of hydrogen-bond donors (Lipinski definition) is 4. The van der Waals surface area contributed by atoms with Gasteiger partial charge >= 0.3 is 0 Å². The summed E-state index contributed by atoms with van der Waals surface area (Å²) in [6.07, 6.45) is 3.44. The molecule has 0 radical (unpaired) electrons. The average Bonchev–Trinajstić information content (AvgIpc) is 3.54. The maximum atomic E-state index is 13.6. The molecule has 1 atom stereocenters. The molecule has 8 nitrogen and oxygen atoms in total. The first-order valence-corrected chi connectivity index (χ1v) is 16.4. The molecule has 0 aliphatic rings. The summed E-state index contributed by atoms with van der Waals surface area (Å²) in [4.78, 5) is 55.9. The number of thioether (sulfide) groups is 1. The van der Waals surface area contributed by atoms with Crippen LogP contribution in [0, 0.1) is 0 Å². The average molecular weight is 665 g/mol. The van der Waals surface area contributed by atoms with Crippen LogP contribution in [-0.4, -0.2) is 28.5 Å². The van der Waals surface area contributed by atoms with Gasteiger partial charge in [0.1, 0.15) is 10.9 Å². The standard InChI is InChI=1S/C40H32N4O4S/c1-26(45)27-16-18-31(19-17-27)43-40(48)37(28-10-4-2-5-11-28)49-33-22-20-32(21-23-33)42-39(47)36(44-38(46)29-12-6-3-7-13-29)24-30-25-41-35-15-9-8-14-34(30)35/h2-25,37,41H,1H3,(H,42,47)(H,43,48)(H,44,46). The Morgan fingerprint density at radius 3 is 1.98 bits per heavy atom. The minimum atomic E-state index is -0.576. The van der Waals surface area contributed by atoms with Crippen molar-refractivity contribution in [2.24, 2.45) is 0 Å². The topological polar surface area (TPSA) is 120 Å². The summed E-state index contributed by atoms with van der Waals surface area (Å²) in [5, 5.41) is 8.98. The molecule has 1 heterocycles. The predicted molar refractivity (Wildman–Crippen MR) is 195 cm³/mol. The van der Waals surface area contributed by atoms with Crippen LogP contribution in [0.4, 0.5) is 11.4 Å². The Kier molecular flexibility index (Phi) is 10.1. The highest BCUT2D eigenvalue weighted by Crippen LogP contribution is 2.37. The summed E-state index contributed by atoms with van der Waals surface area (Å²) in [5.74, 6) is -1.17. The van der Waals surface area contributed by atoms with E-state index in [1.165, 1.54) is 18.7 Å². The van der Waals surface area contributed by atoms with Crippen LogP contribution in [-0.2, 0) is 9.59 Å². The second kappa shape index (κ2) is 15.1. The van der Waals surface area contributed by atoms with E-state index in [1.807, 2.05) is 72.8 Å². The van der Waals surface area contributed by atoms with E-state index in [4.69, 9.17) is 0 Å². The van der Waals surface area contributed by atoms with Gasteiger partial charge in [0.2, 0.25) is 5.91 Å². The third-order valence-electron chi connectivity index (χ3n) is 7.72. The number of ketones is 1. The van der Waals surface area contributed by atoms with Crippen molar-refractivity contribution in [1.82, 2.24) is 10.3 Å². The lowest BCUT2D eigenvalue weighted by Crippen LogP contribution is -2.30. The monoisotopic (exact) mass is 664 g/mol. The van der Waals surface area contributed by atoms with Gasteiger partial charge in [0, 0.05) is 50.1 Å². The lowest BCUT2D eigenvalue weighted by atomic mass is 10.1. The van der Waals surface area contributed by atoms with Crippen molar-refractivity contribution in [2.45, 2.75) is 17.1 Å². The number of carbonyl (C=O) groups is 4. The van der Waals surface area contributed by atoms with Gasteiger partial charge in [-0.15, -0.1) is 11.8 Å². The molecule has 0 saturated heterocycles. The van der Waals surface area contributed by atoms with Gasteiger partial charge in [0.05, 0.1) is 0 Å². The molecular formula is C40H32N4O4S. The maximum absolute atomic E-state index is 13.6. The highest BCUT2D eigenvalue weighted by molar-refractivity contribution is 8.00. The van der Waals surface area contributed by atoms with Crippen molar-refractivity contribution in [3.8, 4) is 0 Å². The Morgan fingerprint density at radius 1 is 0.673 bits per heavy atom.